The molecule has 0 bridgehead atoms. The molecule has 1 aromatic carbocycles. The summed E-state index contributed by atoms with van der Waals surface area (Å²) < 4.78 is 0. The van der Waals surface area contributed by atoms with Gasteiger partial charge >= 0.3 is 0 Å². The van der Waals surface area contributed by atoms with Crippen molar-refractivity contribution in [2.24, 2.45) is 0 Å². The van der Waals surface area contributed by atoms with Crippen molar-refractivity contribution >= 4 is 17.4 Å². The number of nitrogens with zero attached hydrogens (tertiary/aromatic N) is 3. The standard InChI is InChI=1S/C16H13ClN4/c17-14-10-15(19-11-13-8-4-5-9-18-13)21-16(20-14)12-6-2-1-3-7-12/h1-10H,11H2,(H,19,20,21). The number of hydrogen-bond donors (Lipinski definition) is 1. The molecule has 0 radical (unpaired) electrons. The van der Waals surface area contributed by atoms with Gasteiger partial charge in [0.15, 0.2) is 5.82 Å². The molecule has 0 atom stereocenters. The molecule has 0 aliphatic heterocycles. The third-order valence-corrected chi connectivity index (χ3v) is 3.10. The normalized spacial score (nSPS) is 10.3. The lowest BCUT2D eigenvalue weighted by Gasteiger charge is -2.07. The van der Waals surface area contributed by atoms with Gasteiger partial charge in [0.05, 0.1) is 12.2 Å². The minimum absolute atomic E-state index is 0.410. The molecular weight excluding hydrogens is 284 g/mol. The molecule has 0 aliphatic rings. The summed E-state index contributed by atoms with van der Waals surface area (Å²) >= 11 is 6.07. The fourth-order valence-electron chi connectivity index (χ4n) is 1.91. The Bertz CT molecular complexity index is 717. The zero-order chi connectivity index (χ0) is 14.5. The second-order valence-electron chi connectivity index (χ2n) is 4.44. The van der Waals surface area contributed by atoms with E-state index in [1.807, 2.05) is 48.5 Å². The smallest absolute Gasteiger partial charge is 0.163 e. The van der Waals surface area contributed by atoms with Crippen LogP contribution in [0.25, 0.3) is 11.4 Å². The summed E-state index contributed by atoms with van der Waals surface area (Å²) in [4.78, 5) is 13.0. The summed E-state index contributed by atoms with van der Waals surface area (Å²) in [5, 5.41) is 3.62. The maximum Gasteiger partial charge on any atom is 0.163 e. The highest BCUT2D eigenvalue weighted by molar-refractivity contribution is 6.29. The fraction of sp³-hybridized carbons (Fsp3) is 0.0625. The van der Waals surface area contributed by atoms with Crippen molar-refractivity contribution in [1.29, 1.82) is 0 Å². The van der Waals surface area contributed by atoms with Crippen LogP contribution in [0.5, 0.6) is 0 Å². The summed E-state index contributed by atoms with van der Waals surface area (Å²) in [7, 11) is 0. The van der Waals surface area contributed by atoms with E-state index < -0.39 is 0 Å². The lowest BCUT2D eigenvalue weighted by molar-refractivity contribution is 1.02. The number of anilines is 1. The van der Waals surface area contributed by atoms with Crippen LogP contribution in [-0.4, -0.2) is 15.0 Å². The summed E-state index contributed by atoms with van der Waals surface area (Å²) in [6, 6.07) is 17.2. The first-order chi connectivity index (χ1) is 10.3. The molecule has 0 saturated carbocycles. The van der Waals surface area contributed by atoms with Crippen LogP contribution in [0.3, 0.4) is 0 Å². The third-order valence-electron chi connectivity index (χ3n) is 2.90. The molecule has 5 heteroatoms. The Balaban J connectivity index is 1.82. The molecule has 2 aromatic heterocycles. The SMILES string of the molecule is Clc1cc(NCc2ccccn2)nc(-c2ccccc2)n1. The summed E-state index contributed by atoms with van der Waals surface area (Å²) in [5.74, 6) is 1.28. The Morgan fingerprint density at radius 1 is 0.952 bits per heavy atom. The zero-order valence-electron chi connectivity index (χ0n) is 11.2. The third kappa shape index (κ3) is 3.55. The number of nitrogens with one attached hydrogen (secondary N) is 1. The van der Waals surface area contributed by atoms with Crippen molar-refractivity contribution in [2.45, 2.75) is 6.54 Å². The molecule has 0 fully saturated rings. The van der Waals surface area contributed by atoms with Crippen LogP contribution in [0.4, 0.5) is 5.82 Å². The minimum Gasteiger partial charge on any atom is -0.364 e. The molecule has 2 heterocycles. The molecule has 0 amide bonds. The van der Waals surface area contributed by atoms with Crippen LogP contribution < -0.4 is 5.32 Å². The zero-order valence-corrected chi connectivity index (χ0v) is 12.0. The Hall–Kier alpha value is -2.46. The van der Waals surface area contributed by atoms with Crippen LogP contribution in [0.1, 0.15) is 5.69 Å². The molecule has 0 unspecified atom stereocenters. The van der Waals surface area contributed by atoms with Crippen molar-refractivity contribution in [2.75, 3.05) is 5.32 Å². The molecule has 3 aromatic rings. The molecule has 1 N–H and O–H groups in total. The van der Waals surface area contributed by atoms with Gasteiger partial charge in [-0.3, -0.25) is 4.98 Å². The number of aromatic nitrogens is 3. The summed E-state index contributed by atoms with van der Waals surface area (Å²) in [6.07, 6.45) is 1.76. The quantitative estimate of drug-likeness (QED) is 0.744. The van der Waals surface area contributed by atoms with E-state index in [1.165, 1.54) is 0 Å². The van der Waals surface area contributed by atoms with Gasteiger partial charge in [-0.2, -0.15) is 0 Å². The second-order valence-corrected chi connectivity index (χ2v) is 4.83. The van der Waals surface area contributed by atoms with Crippen LogP contribution in [0.2, 0.25) is 5.15 Å². The minimum atomic E-state index is 0.410. The number of hydrogen-bond acceptors (Lipinski definition) is 4. The number of benzene rings is 1. The Morgan fingerprint density at radius 2 is 1.76 bits per heavy atom. The van der Waals surface area contributed by atoms with E-state index in [2.05, 4.69) is 20.3 Å². The molecule has 0 aliphatic carbocycles. The van der Waals surface area contributed by atoms with Crippen LogP contribution in [-0.2, 0) is 6.54 Å². The van der Waals surface area contributed by atoms with Gasteiger partial charge in [-0.15, -0.1) is 0 Å². The van der Waals surface area contributed by atoms with E-state index >= 15 is 0 Å². The van der Waals surface area contributed by atoms with Gasteiger partial charge in [-0.25, -0.2) is 9.97 Å². The van der Waals surface area contributed by atoms with Gasteiger partial charge < -0.3 is 5.32 Å². The highest BCUT2D eigenvalue weighted by atomic mass is 35.5. The van der Waals surface area contributed by atoms with Crippen LogP contribution in [0.15, 0.2) is 60.8 Å². The second kappa shape index (κ2) is 6.33. The first-order valence-electron chi connectivity index (χ1n) is 6.55. The molecule has 0 spiro atoms. The Morgan fingerprint density at radius 3 is 2.52 bits per heavy atom. The van der Waals surface area contributed by atoms with Gasteiger partial charge in [0.25, 0.3) is 0 Å². The number of pyridine rings is 1. The topological polar surface area (TPSA) is 50.7 Å². The van der Waals surface area contributed by atoms with Crippen molar-refractivity contribution < 1.29 is 0 Å². The molecule has 21 heavy (non-hydrogen) atoms. The van der Waals surface area contributed by atoms with Crippen molar-refractivity contribution in [3.8, 4) is 11.4 Å². The average molecular weight is 297 g/mol. The first-order valence-corrected chi connectivity index (χ1v) is 6.93. The van der Waals surface area contributed by atoms with Crippen molar-refractivity contribution in [1.82, 2.24) is 15.0 Å². The van der Waals surface area contributed by atoms with Gasteiger partial charge in [-0.1, -0.05) is 48.0 Å². The van der Waals surface area contributed by atoms with E-state index in [4.69, 9.17) is 11.6 Å². The lowest BCUT2D eigenvalue weighted by Crippen LogP contribution is -2.04. The molecule has 104 valence electrons. The summed E-state index contributed by atoms with van der Waals surface area (Å²) in [6.45, 7) is 0.586. The molecule has 0 saturated heterocycles. The predicted molar refractivity (Wildman–Crippen MR) is 84.0 cm³/mol. The summed E-state index contributed by atoms with van der Waals surface area (Å²) in [5.41, 5.74) is 1.87. The predicted octanol–water partition coefficient (Wildman–Crippen LogP) is 3.80. The Labute approximate surface area is 127 Å². The first kappa shape index (κ1) is 13.5. The van der Waals surface area contributed by atoms with E-state index in [-0.39, 0.29) is 0 Å². The van der Waals surface area contributed by atoms with E-state index in [1.54, 1.807) is 12.3 Å². The highest BCUT2D eigenvalue weighted by Gasteiger charge is 2.05. The van der Waals surface area contributed by atoms with Gasteiger partial charge in [0.2, 0.25) is 0 Å². The Kier molecular flexibility index (Phi) is 4.07. The average Bonchev–Trinajstić information content (AvgIpc) is 2.54. The molecule has 3 rings (SSSR count). The van der Waals surface area contributed by atoms with Crippen LogP contribution >= 0.6 is 11.6 Å². The lowest BCUT2D eigenvalue weighted by atomic mass is 10.2. The highest BCUT2D eigenvalue weighted by Crippen LogP contribution is 2.20. The van der Waals surface area contributed by atoms with Crippen molar-refractivity contribution in [3.63, 3.8) is 0 Å². The monoisotopic (exact) mass is 296 g/mol. The number of rotatable bonds is 4. The van der Waals surface area contributed by atoms with Gasteiger partial charge in [0, 0.05) is 17.8 Å². The largest absolute Gasteiger partial charge is 0.364 e. The van der Waals surface area contributed by atoms with Crippen molar-refractivity contribution in [3.05, 3.63) is 71.6 Å². The maximum absolute atomic E-state index is 6.07. The fourth-order valence-corrected chi connectivity index (χ4v) is 2.09. The maximum atomic E-state index is 6.07. The van der Waals surface area contributed by atoms with E-state index in [9.17, 15) is 0 Å². The number of halogens is 1. The van der Waals surface area contributed by atoms with Crippen LogP contribution in [0, 0.1) is 0 Å². The van der Waals surface area contributed by atoms with Gasteiger partial charge in [-0.05, 0) is 12.1 Å². The van der Waals surface area contributed by atoms with E-state index in [0.717, 1.165) is 11.3 Å². The molecular formula is C16H13ClN4. The van der Waals surface area contributed by atoms with Gasteiger partial charge in [0.1, 0.15) is 11.0 Å². The molecule has 4 nitrogen and oxygen atoms in total. The van der Waals surface area contributed by atoms with E-state index in [0.29, 0.717) is 23.3 Å².